The third-order valence-electron chi connectivity index (χ3n) is 4.16. The maximum atomic E-state index is 13.0. The first-order valence-electron chi connectivity index (χ1n) is 7.60. The number of benzene rings is 1. The first-order valence-corrected chi connectivity index (χ1v) is 7.60. The van der Waals surface area contributed by atoms with E-state index in [4.69, 9.17) is 5.11 Å². The first kappa shape index (κ1) is 17.2. The largest absolute Gasteiger partial charge is 0.480 e. The van der Waals surface area contributed by atoms with Crippen molar-refractivity contribution in [3.63, 3.8) is 0 Å². The highest BCUT2D eigenvalue weighted by atomic mass is 19.1. The van der Waals surface area contributed by atoms with Gasteiger partial charge in [-0.2, -0.15) is 0 Å². The maximum absolute atomic E-state index is 13.0. The molecule has 1 aliphatic heterocycles. The molecule has 126 valence electrons. The summed E-state index contributed by atoms with van der Waals surface area (Å²) in [4.78, 5) is 28.4. The minimum absolute atomic E-state index is 0.192. The van der Waals surface area contributed by atoms with Crippen molar-refractivity contribution in [1.82, 2.24) is 9.80 Å². The predicted octanol–water partition coefficient (Wildman–Crippen LogP) is 0.879. The van der Waals surface area contributed by atoms with E-state index in [9.17, 15) is 14.0 Å². The Bertz CT molecular complexity index is 556. The molecule has 1 atom stereocenters. The summed E-state index contributed by atoms with van der Waals surface area (Å²) in [6.45, 7) is 4.39. The monoisotopic (exact) mass is 323 g/mol. The number of carbonyl (C=O) groups excluding carboxylic acids is 1. The summed E-state index contributed by atoms with van der Waals surface area (Å²) < 4.78 is 13.0. The van der Waals surface area contributed by atoms with Gasteiger partial charge in [-0.15, -0.1) is 0 Å². The summed E-state index contributed by atoms with van der Waals surface area (Å²) in [7, 11) is 1.50. The van der Waals surface area contributed by atoms with Crippen LogP contribution in [0, 0.1) is 5.82 Å². The highest BCUT2D eigenvalue weighted by Gasteiger charge is 2.28. The molecule has 1 N–H and O–H groups in total. The number of halogens is 1. The number of anilines is 1. The van der Waals surface area contributed by atoms with Gasteiger partial charge >= 0.3 is 5.97 Å². The minimum atomic E-state index is -1.02. The fourth-order valence-corrected chi connectivity index (χ4v) is 2.78. The number of aliphatic carboxylic acids is 1. The second-order valence-electron chi connectivity index (χ2n) is 5.76. The Hall–Kier alpha value is -2.15. The van der Waals surface area contributed by atoms with E-state index in [1.54, 1.807) is 19.1 Å². The van der Waals surface area contributed by atoms with E-state index in [0.29, 0.717) is 13.1 Å². The molecule has 6 nitrogen and oxygen atoms in total. The fourth-order valence-electron chi connectivity index (χ4n) is 2.78. The van der Waals surface area contributed by atoms with Crippen molar-refractivity contribution >= 4 is 17.6 Å². The second-order valence-corrected chi connectivity index (χ2v) is 5.76. The smallest absolute Gasteiger partial charge is 0.323 e. The molecule has 0 aromatic heterocycles. The van der Waals surface area contributed by atoms with Crippen LogP contribution in [0.4, 0.5) is 10.1 Å². The molecule has 2 rings (SSSR count). The number of hydrogen-bond donors (Lipinski definition) is 1. The van der Waals surface area contributed by atoms with Crippen molar-refractivity contribution in [2.75, 3.05) is 44.7 Å². The van der Waals surface area contributed by atoms with Crippen LogP contribution < -0.4 is 4.90 Å². The number of amides is 1. The summed E-state index contributed by atoms with van der Waals surface area (Å²) in [6.07, 6.45) is 0. The summed E-state index contributed by atoms with van der Waals surface area (Å²) in [5.74, 6) is -1.47. The molecule has 0 saturated carbocycles. The Morgan fingerprint density at radius 3 is 2.30 bits per heavy atom. The van der Waals surface area contributed by atoms with Gasteiger partial charge in [0.2, 0.25) is 5.91 Å². The lowest BCUT2D eigenvalue weighted by Crippen LogP contribution is -2.54. The average molecular weight is 323 g/mol. The van der Waals surface area contributed by atoms with Gasteiger partial charge in [0.05, 0.1) is 6.04 Å². The molecule has 7 heteroatoms. The zero-order chi connectivity index (χ0) is 17.0. The SMILES string of the molecule is CC(C(=O)N(C)CC(=O)O)N1CCN(c2ccc(F)cc2)CC1. The van der Waals surface area contributed by atoms with Crippen LogP contribution in [-0.4, -0.2) is 72.6 Å². The topological polar surface area (TPSA) is 64.1 Å². The number of carboxylic acids is 1. The van der Waals surface area contributed by atoms with E-state index in [1.165, 1.54) is 24.1 Å². The van der Waals surface area contributed by atoms with Gasteiger partial charge in [0, 0.05) is 38.9 Å². The van der Waals surface area contributed by atoms with Crippen LogP contribution in [0.1, 0.15) is 6.92 Å². The molecule has 1 unspecified atom stereocenters. The van der Waals surface area contributed by atoms with E-state index in [-0.39, 0.29) is 24.3 Å². The second kappa shape index (κ2) is 7.41. The molecular weight excluding hydrogens is 301 g/mol. The van der Waals surface area contributed by atoms with Gasteiger partial charge in [-0.3, -0.25) is 14.5 Å². The van der Waals surface area contributed by atoms with E-state index in [2.05, 4.69) is 4.90 Å². The molecular formula is C16H22FN3O3. The van der Waals surface area contributed by atoms with Gasteiger partial charge in [-0.05, 0) is 31.2 Å². The van der Waals surface area contributed by atoms with E-state index >= 15 is 0 Å². The molecule has 1 aliphatic rings. The highest BCUT2D eigenvalue weighted by molar-refractivity contribution is 5.84. The third kappa shape index (κ3) is 4.41. The lowest BCUT2D eigenvalue weighted by atomic mass is 10.2. The van der Waals surface area contributed by atoms with Crippen molar-refractivity contribution in [2.45, 2.75) is 13.0 Å². The van der Waals surface area contributed by atoms with Crippen LogP contribution in [0.15, 0.2) is 24.3 Å². The van der Waals surface area contributed by atoms with Crippen LogP contribution in [0.3, 0.4) is 0 Å². The van der Waals surface area contributed by atoms with Crippen LogP contribution in [0.25, 0.3) is 0 Å². The number of nitrogens with zero attached hydrogens (tertiary/aromatic N) is 3. The lowest BCUT2D eigenvalue weighted by Gasteiger charge is -2.39. The van der Waals surface area contributed by atoms with Crippen molar-refractivity contribution in [1.29, 1.82) is 0 Å². The van der Waals surface area contributed by atoms with Gasteiger partial charge in [0.1, 0.15) is 12.4 Å². The van der Waals surface area contributed by atoms with Gasteiger partial charge < -0.3 is 14.9 Å². The summed E-state index contributed by atoms with van der Waals surface area (Å²) >= 11 is 0. The highest BCUT2D eigenvalue weighted by Crippen LogP contribution is 2.18. The summed E-state index contributed by atoms with van der Waals surface area (Å²) in [6, 6.07) is 6.03. The van der Waals surface area contributed by atoms with Crippen molar-refractivity contribution in [3.8, 4) is 0 Å². The minimum Gasteiger partial charge on any atom is -0.480 e. The Morgan fingerprint density at radius 2 is 1.78 bits per heavy atom. The fraction of sp³-hybridized carbons (Fsp3) is 0.500. The molecule has 1 aromatic carbocycles. The predicted molar refractivity (Wildman–Crippen MR) is 84.9 cm³/mol. The average Bonchev–Trinajstić information content (AvgIpc) is 2.53. The van der Waals surface area contributed by atoms with Crippen LogP contribution in [0.5, 0.6) is 0 Å². The van der Waals surface area contributed by atoms with Crippen molar-refractivity contribution < 1.29 is 19.1 Å². The number of likely N-dealkylation sites (N-methyl/N-ethyl adjacent to an activating group) is 1. The number of piperazine rings is 1. The number of carboxylic acid groups (broad SMARTS) is 1. The molecule has 0 radical (unpaired) electrons. The number of hydrogen-bond acceptors (Lipinski definition) is 4. The van der Waals surface area contributed by atoms with Gasteiger partial charge in [0.15, 0.2) is 0 Å². The molecule has 0 spiro atoms. The van der Waals surface area contributed by atoms with E-state index in [1.807, 2.05) is 4.90 Å². The number of rotatable bonds is 5. The van der Waals surface area contributed by atoms with Gasteiger partial charge in [-0.1, -0.05) is 0 Å². The molecule has 0 aliphatic carbocycles. The molecule has 1 aromatic rings. The van der Waals surface area contributed by atoms with Gasteiger partial charge in [-0.25, -0.2) is 4.39 Å². The Balaban J connectivity index is 1.89. The molecule has 1 fully saturated rings. The third-order valence-corrected chi connectivity index (χ3v) is 4.16. The van der Waals surface area contributed by atoms with Crippen molar-refractivity contribution in [3.05, 3.63) is 30.1 Å². The van der Waals surface area contributed by atoms with E-state index < -0.39 is 5.97 Å². The molecule has 1 amide bonds. The normalized spacial score (nSPS) is 16.9. The van der Waals surface area contributed by atoms with Crippen LogP contribution >= 0.6 is 0 Å². The van der Waals surface area contributed by atoms with Gasteiger partial charge in [0.25, 0.3) is 0 Å². The van der Waals surface area contributed by atoms with Crippen LogP contribution in [0.2, 0.25) is 0 Å². The maximum Gasteiger partial charge on any atom is 0.323 e. The molecule has 1 saturated heterocycles. The van der Waals surface area contributed by atoms with E-state index in [0.717, 1.165) is 18.8 Å². The molecule has 0 bridgehead atoms. The van der Waals surface area contributed by atoms with Crippen LogP contribution in [-0.2, 0) is 9.59 Å². The Labute approximate surface area is 135 Å². The number of carbonyl (C=O) groups is 2. The zero-order valence-corrected chi connectivity index (χ0v) is 13.4. The van der Waals surface area contributed by atoms with Crippen molar-refractivity contribution in [2.24, 2.45) is 0 Å². The standard InChI is InChI=1S/C16H22FN3O3/c1-12(16(23)18(2)11-15(21)22)19-7-9-20(10-8-19)14-5-3-13(17)4-6-14/h3-6,12H,7-11H2,1-2H3,(H,21,22). The first-order chi connectivity index (χ1) is 10.9. The lowest BCUT2D eigenvalue weighted by molar-refractivity contribution is -0.145. The Kier molecular flexibility index (Phi) is 5.54. The Morgan fingerprint density at radius 1 is 1.22 bits per heavy atom. The summed E-state index contributed by atoms with van der Waals surface area (Å²) in [5.41, 5.74) is 0.966. The molecule has 1 heterocycles. The zero-order valence-electron chi connectivity index (χ0n) is 13.4. The summed E-state index contributed by atoms with van der Waals surface area (Å²) in [5, 5.41) is 8.76. The quantitative estimate of drug-likeness (QED) is 0.871. The molecule has 23 heavy (non-hydrogen) atoms.